The third-order valence-corrected chi connectivity index (χ3v) is 7.67. The zero-order valence-electron chi connectivity index (χ0n) is 16.6. The average molecular weight is 423 g/mol. The standard InChI is InChI=1S/C20H27N3O3S2/c1-13-3-4-14-15(11-13)28-20-18(14)19(27-10-5-17(24)25-2)21-16(22-20)12-23-6-8-26-9-7-23/h13H,3-12H2,1-2H3/p+1/t13-/m0/s1. The lowest BCUT2D eigenvalue weighted by atomic mass is 9.89. The van der Waals surface area contributed by atoms with Crippen molar-refractivity contribution in [2.75, 3.05) is 39.2 Å². The minimum Gasteiger partial charge on any atom is -0.469 e. The molecule has 2 aromatic rings. The highest BCUT2D eigenvalue weighted by atomic mass is 32.2. The quantitative estimate of drug-likeness (QED) is 0.436. The minimum absolute atomic E-state index is 0.169. The van der Waals surface area contributed by atoms with Gasteiger partial charge in [-0.15, -0.1) is 23.1 Å². The summed E-state index contributed by atoms with van der Waals surface area (Å²) in [6, 6.07) is 0. The zero-order valence-corrected chi connectivity index (χ0v) is 18.2. The number of methoxy groups -OCH3 is 1. The van der Waals surface area contributed by atoms with E-state index in [1.54, 1.807) is 11.8 Å². The van der Waals surface area contributed by atoms with Crippen molar-refractivity contribution >= 4 is 39.3 Å². The van der Waals surface area contributed by atoms with Crippen LogP contribution in [0.15, 0.2) is 5.03 Å². The van der Waals surface area contributed by atoms with Crippen LogP contribution in [0, 0.1) is 5.92 Å². The summed E-state index contributed by atoms with van der Waals surface area (Å²) in [4.78, 5) is 25.5. The van der Waals surface area contributed by atoms with Gasteiger partial charge in [-0.25, -0.2) is 9.97 Å². The van der Waals surface area contributed by atoms with E-state index in [0.29, 0.717) is 12.2 Å². The lowest BCUT2D eigenvalue weighted by Crippen LogP contribution is -3.12. The van der Waals surface area contributed by atoms with E-state index >= 15 is 0 Å². The van der Waals surface area contributed by atoms with Gasteiger partial charge in [0.2, 0.25) is 0 Å². The first-order chi connectivity index (χ1) is 13.6. The van der Waals surface area contributed by atoms with Gasteiger partial charge in [0.05, 0.1) is 26.7 Å². The van der Waals surface area contributed by atoms with Crippen LogP contribution in [-0.4, -0.2) is 55.1 Å². The Balaban J connectivity index is 1.64. The number of nitrogens with one attached hydrogen (secondary N) is 1. The Morgan fingerprint density at radius 1 is 1.36 bits per heavy atom. The van der Waals surface area contributed by atoms with Gasteiger partial charge >= 0.3 is 5.97 Å². The van der Waals surface area contributed by atoms with Crippen molar-refractivity contribution in [1.29, 1.82) is 0 Å². The van der Waals surface area contributed by atoms with E-state index in [2.05, 4.69) is 6.92 Å². The van der Waals surface area contributed by atoms with E-state index in [4.69, 9.17) is 19.4 Å². The van der Waals surface area contributed by atoms with Crippen LogP contribution in [0.25, 0.3) is 10.2 Å². The fraction of sp³-hybridized carbons (Fsp3) is 0.650. The molecule has 1 aliphatic carbocycles. The lowest BCUT2D eigenvalue weighted by Gasteiger charge is -2.23. The average Bonchev–Trinajstić information content (AvgIpc) is 3.05. The molecule has 152 valence electrons. The summed E-state index contributed by atoms with van der Waals surface area (Å²) in [7, 11) is 1.44. The molecule has 2 aromatic heterocycles. The first-order valence-corrected chi connectivity index (χ1v) is 11.9. The van der Waals surface area contributed by atoms with E-state index in [1.165, 1.54) is 34.3 Å². The number of hydrogen-bond acceptors (Lipinski definition) is 7. The maximum atomic E-state index is 11.5. The third kappa shape index (κ3) is 4.50. The molecule has 28 heavy (non-hydrogen) atoms. The number of rotatable bonds is 6. The van der Waals surface area contributed by atoms with Crippen molar-refractivity contribution in [2.24, 2.45) is 5.92 Å². The van der Waals surface area contributed by atoms with Crippen molar-refractivity contribution in [2.45, 2.75) is 44.2 Å². The number of thioether (sulfide) groups is 1. The number of carbonyl (C=O) groups is 1. The van der Waals surface area contributed by atoms with E-state index < -0.39 is 0 Å². The Morgan fingerprint density at radius 3 is 2.96 bits per heavy atom. The van der Waals surface area contributed by atoms with Crippen LogP contribution in [0.5, 0.6) is 0 Å². The first kappa shape index (κ1) is 20.1. The maximum absolute atomic E-state index is 11.5. The van der Waals surface area contributed by atoms with Crippen LogP contribution in [0.2, 0.25) is 0 Å². The van der Waals surface area contributed by atoms with Gasteiger partial charge in [-0.1, -0.05) is 6.92 Å². The molecule has 1 aliphatic heterocycles. The topological polar surface area (TPSA) is 65.8 Å². The number of morpholine rings is 1. The van der Waals surface area contributed by atoms with Crippen LogP contribution in [0.1, 0.15) is 36.0 Å². The molecule has 0 amide bonds. The molecular formula is C20H28N3O3S2+. The summed E-state index contributed by atoms with van der Waals surface area (Å²) < 4.78 is 10.3. The zero-order chi connectivity index (χ0) is 19.5. The van der Waals surface area contributed by atoms with Gasteiger partial charge in [-0.3, -0.25) is 4.79 Å². The Kier molecular flexibility index (Phi) is 6.50. The van der Waals surface area contributed by atoms with Crippen LogP contribution in [0.3, 0.4) is 0 Å². The Hall–Kier alpha value is -1.22. The normalized spacial score (nSPS) is 20.3. The van der Waals surface area contributed by atoms with Gasteiger partial charge in [-0.05, 0) is 30.7 Å². The first-order valence-electron chi connectivity index (χ1n) is 10.1. The van der Waals surface area contributed by atoms with Gasteiger partial charge in [0.15, 0.2) is 5.82 Å². The maximum Gasteiger partial charge on any atom is 0.306 e. The molecule has 0 radical (unpaired) electrons. The van der Waals surface area contributed by atoms with Crippen LogP contribution >= 0.6 is 23.1 Å². The van der Waals surface area contributed by atoms with Crippen molar-refractivity contribution in [3.8, 4) is 0 Å². The second-order valence-electron chi connectivity index (χ2n) is 7.69. The summed E-state index contributed by atoms with van der Waals surface area (Å²) in [5.41, 5.74) is 1.45. The smallest absolute Gasteiger partial charge is 0.306 e. The summed E-state index contributed by atoms with van der Waals surface area (Å²) >= 11 is 3.52. The monoisotopic (exact) mass is 422 g/mol. The molecule has 8 heteroatoms. The van der Waals surface area contributed by atoms with Crippen LogP contribution < -0.4 is 4.90 Å². The Morgan fingerprint density at radius 2 is 2.18 bits per heavy atom. The number of fused-ring (bicyclic) bond motifs is 3. The predicted octanol–water partition coefficient (Wildman–Crippen LogP) is 1.89. The molecule has 6 nitrogen and oxygen atoms in total. The molecule has 0 spiro atoms. The van der Waals surface area contributed by atoms with Gasteiger partial charge in [0.1, 0.15) is 29.5 Å². The van der Waals surface area contributed by atoms with Gasteiger partial charge in [0, 0.05) is 16.0 Å². The number of aromatic nitrogens is 2. The highest BCUT2D eigenvalue weighted by molar-refractivity contribution is 7.99. The van der Waals surface area contributed by atoms with Crippen LogP contribution in [-0.2, 0) is 33.7 Å². The molecule has 0 aromatic carbocycles. The molecule has 0 bridgehead atoms. The fourth-order valence-corrected chi connectivity index (χ4v) is 6.39. The van der Waals surface area contributed by atoms with Gasteiger partial charge in [0.25, 0.3) is 0 Å². The minimum atomic E-state index is -0.169. The highest BCUT2D eigenvalue weighted by Gasteiger charge is 2.25. The van der Waals surface area contributed by atoms with E-state index in [0.717, 1.165) is 67.3 Å². The van der Waals surface area contributed by atoms with E-state index in [1.807, 2.05) is 11.3 Å². The molecule has 0 saturated carbocycles. The summed E-state index contributed by atoms with van der Waals surface area (Å²) in [6.45, 7) is 6.80. The van der Waals surface area contributed by atoms with Crippen molar-refractivity contribution in [1.82, 2.24) is 9.97 Å². The molecule has 1 fully saturated rings. The molecular weight excluding hydrogens is 394 g/mol. The third-order valence-electron chi connectivity index (χ3n) is 5.55. The Bertz CT molecular complexity index is 849. The fourth-order valence-electron chi connectivity index (χ4n) is 3.93. The predicted molar refractivity (Wildman–Crippen MR) is 111 cm³/mol. The number of carbonyl (C=O) groups excluding carboxylic acids is 1. The van der Waals surface area contributed by atoms with Crippen molar-refractivity contribution in [3.05, 3.63) is 16.3 Å². The molecule has 1 N–H and O–H groups in total. The summed E-state index contributed by atoms with van der Waals surface area (Å²) in [6.07, 6.45) is 3.88. The lowest BCUT2D eigenvalue weighted by molar-refractivity contribution is -0.922. The SMILES string of the molecule is COC(=O)CCSc1nc(C[NH+]2CCOCC2)nc2sc3c(c12)CC[C@H](C)C3. The highest BCUT2D eigenvalue weighted by Crippen LogP contribution is 2.41. The molecule has 1 saturated heterocycles. The number of esters is 1. The molecule has 3 heterocycles. The van der Waals surface area contributed by atoms with Crippen LogP contribution in [0.4, 0.5) is 0 Å². The molecule has 4 rings (SSSR count). The number of hydrogen-bond donors (Lipinski definition) is 1. The van der Waals surface area contributed by atoms with Crippen molar-refractivity contribution < 1.29 is 19.2 Å². The second-order valence-corrected chi connectivity index (χ2v) is 9.86. The largest absolute Gasteiger partial charge is 0.469 e. The van der Waals surface area contributed by atoms with E-state index in [-0.39, 0.29) is 5.97 Å². The number of aryl methyl sites for hydroxylation is 1. The van der Waals surface area contributed by atoms with Gasteiger partial charge in [-0.2, -0.15) is 0 Å². The summed E-state index contributed by atoms with van der Waals surface area (Å²) in [5.74, 6) is 2.17. The number of quaternary nitrogens is 1. The van der Waals surface area contributed by atoms with Crippen molar-refractivity contribution in [3.63, 3.8) is 0 Å². The van der Waals surface area contributed by atoms with E-state index in [9.17, 15) is 4.79 Å². The number of thiophene rings is 1. The summed E-state index contributed by atoms with van der Waals surface area (Å²) in [5, 5.41) is 2.28. The Labute approximate surface area is 174 Å². The molecule has 1 atom stereocenters. The second kappa shape index (κ2) is 9.07. The molecule has 0 unspecified atom stereocenters. The van der Waals surface area contributed by atoms with Gasteiger partial charge < -0.3 is 14.4 Å². The number of nitrogens with zero attached hydrogens (tertiary/aromatic N) is 2. The molecule has 2 aliphatic rings. The number of ether oxygens (including phenoxy) is 2.